The highest BCUT2D eigenvalue weighted by molar-refractivity contribution is 5.89. The van der Waals surface area contributed by atoms with E-state index in [1.807, 2.05) is 20.8 Å². The fraction of sp³-hybridized carbons (Fsp3) is 0.600. The first-order chi connectivity index (χ1) is 12.9. The first kappa shape index (κ1) is 20.6. The molecule has 2 aliphatic rings. The van der Waals surface area contributed by atoms with Gasteiger partial charge in [0.2, 0.25) is 11.8 Å². The monoisotopic (exact) mass is 397 g/mol. The van der Waals surface area contributed by atoms with Crippen LogP contribution in [0.15, 0.2) is 24.3 Å². The Morgan fingerprint density at radius 2 is 1.75 bits per heavy atom. The summed E-state index contributed by atoms with van der Waals surface area (Å²) in [4.78, 5) is 24.8. The highest BCUT2D eigenvalue weighted by atomic mass is 19.4. The van der Waals surface area contributed by atoms with Crippen LogP contribution in [0.5, 0.6) is 0 Å². The lowest BCUT2D eigenvalue weighted by atomic mass is 9.82. The molecule has 2 fully saturated rings. The number of carbonyl (C=O) groups is 2. The number of amides is 2. The van der Waals surface area contributed by atoms with E-state index in [1.165, 1.54) is 12.1 Å². The molecule has 0 aromatic heterocycles. The number of benzene rings is 1. The molecule has 1 heterocycles. The molecule has 8 heteroatoms. The zero-order valence-corrected chi connectivity index (χ0v) is 16.2. The van der Waals surface area contributed by atoms with Gasteiger partial charge in [-0.1, -0.05) is 32.9 Å². The maximum atomic E-state index is 12.9. The van der Waals surface area contributed by atoms with Gasteiger partial charge in [-0.15, -0.1) is 0 Å². The molecular formula is C20H26F3N3O2. The van der Waals surface area contributed by atoms with Crippen LogP contribution in [0.2, 0.25) is 0 Å². The van der Waals surface area contributed by atoms with Gasteiger partial charge in [-0.05, 0) is 41.9 Å². The summed E-state index contributed by atoms with van der Waals surface area (Å²) in [6, 6.07) is 3.69. The third-order valence-electron chi connectivity index (χ3n) is 5.22. The minimum atomic E-state index is -4.41. The highest BCUT2D eigenvalue weighted by Crippen LogP contribution is 2.36. The Morgan fingerprint density at radius 1 is 1.14 bits per heavy atom. The highest BCUT2D eigenvalue weighted by Gasteiger charge is 2.40. The maximum Gasteiger partial charge on any atom is 0.416 e. The van der Waals surface area contributed by atoms with Crippen molar-refractivity contribution < 1.29 is 22.8 Å². The van der Waals surface area contributed by atoms with Crippen molar-refractivity contribution in [2.75, 3.05) is 0 Å². The van der Waals surface area contributed by atoms with E-state index in [4.69, 9.17) is 0 Å². The molecule has 1 aliphatic heterocycles. The smallest absolute Gasteiger partial charge is 0.347 e. The molecular weight excluding hydrogens is 371 g/mol. The summed E-state index contributed by atoms with van der Waals surface area (Å²) >= 11 is 0. The van der Waals surface area contributed by atoms with Crippen molar-refractivity contribution >= 4 is 11.8 Å². The number of carbonyl (C=O) groups excluding carboxylic acids is 2. The zero-order chi connectivity index (χ0) is 20.7. The van der Waals surface area contributed by atoms with Gasteiger partial charge < -0.3 is 10.6 Å². The van der Waals surface area contributed by atoms with Crippen molar-refractivity contribution in [2.24, 2.45) is 11.3 Å². The van der Waals surface area contributed by atoms with E-state index in [2.05, 4.69) is 16.0 Å². The third kappa shape index (κ3) is 4.84. The summed E-state index contributed by atoms with van der Waals surface area (Å²) in [6.07, 6.45) is -2.53. The van der Waals surface area contributed by atoms with Crippen molar-refractivity contribution in [3.8, 4) is 0 Å². The lowest BCUT2D eigenvalue weighted by Gasteiger charge is -2.36. The largest absolute Gasteiger partial charge is 0.416 e. The molecule has 0 spiro atoms. The summed E-state index contributed by atoms with van der Waals surface area (Å²) < 4.78 is 38.5. The quantitative estimate of drug-likeness (QED) is 0.731. The van der Waals surface area contributed by atoms with E-state index in [9.17, 15) is 22.8 Å². The number of nitrogens with one attached hydrogen (secondary N) is 3. The second-order valence-corrected chi connectivity index (χ2v) is 8.73. The Labute approximate surface area is 162 Å². The topological polar surface area (TPSA) is 70.2 Å². The van der Waals surface area contributed by atoms with Crippen LogP contribution in [0, 0.1) is 11.3 Å². The van der Waals surface area contributed by atoms with Gasteiger partial charge in [0, 0.05) is 0 Å². The maximum absolute atomic E-state index is 12.9. The summed E-state index contributed by atoms with van der Waals surface area (Å²) in [7, 11) is 0. The Balaban J connectivity index is 1.75. The molecule has 3 rings (SSSR count). The van der Waals surface area contributed by atoms with E-state index in [0.29, 0.717) is 11.5 Å². The molecule has 2 amide bonds. The number of hydrogen-bond donors (Lipinski definition) is 3. The molecule has 0 radical (unpaired) electrons. The van der Waals surface area contributed by atoms with Crippen LogP contribution in [0.1, 0.15) is 57.2 Å². The standard InChI is InChI=1S/C20H26F3N3O2/c1-19(2,3)16(11-6-8-13(9-7-11)20(21,22)23)26-18(28)14-10-15(27)25-17(24-14)12-4-5-12/h6-9,12,14,16-17,24H,4-5,10H2,1-3H3,(H,25,27)(H,26,28)/t14?,16-,17?/m0/s1. The second-order valence-electron chi connectivity index (χ2n) is 8.73. The lowest BCUT2D eigenvalue weighted by molar-refractivity contribution is -0.137. The van der Waals surface area contributed by atoms with Gasteiger partial charge in [0.15, 0.2) is 0 Å². The van der Waals surface area contributed by atoms with Gasteiger partial charge in [-0.2, -0.15) is 13.2 Å². The molecule has 1 aromatic carbocycles. The molecule has 1 aromatic rings. The van der Waals surface area contributed by atoms with Crippen molar-refractivity contribution in [3.05, 3.63) is 35.4 Å². The van der Waals surface area contributed by atoms with Crippen LogP contribution in [0.4, 0.5) is 13.2 Å². The van der Waals surface area contributed by atoms with Crippen molar-refractivity contribution in [1.29, 1.82) is 0 Å². The van der Waals surface area contributed by atoms with E-state index < -0.39 is 29.2 Å². The molecule has 28 heavy (non-hydrogen) atoms. The Kier molecular flexibility index (Phi) is 5.44. The first-order valence-electron chi connectivity index (χ1n) is 9.48. The van der Waals surface area contributed by atoms with Crippen LogP contribution in [-0.2, 0) is 15.8 Å². The first-order valence-corrected chi connectivity index (χ1v) is 9.48. The van der Waals surface area contributed by atoms with Crippen LogP contribution in [0.3, 0.4) is 0 Å². The third-order valence-corrected chi connectivity index (χ3v) is 5.22. The Hall–Kier alpha value is -2.09. The van der Waals surface area contributed by atoms with Gasteiger partial charge in [-0.3, -0.25) is 14.9 Å². The molecule has 1 aliphatic carbocycles. The second kappa shape index (κ2) is 7.39. The van der Waals surface area contributed by atoms with E-state index >= 15 is 0 Å². The average molecular weight is 397 g/mol. The van der Waals surface area contributed by atoms with E-state index in [-0.39, 0.29) is 24.4 Å². The van der Waals surface area contributed by atoms with E-state index in [1.54, 1.807) is 0 Å². The van der Waals surface area contributed by atoms with Crippen LogP contribution in [-0.4, -0.2) is 24.0 Å². The number of alkyl halides is 3. The summed E-state index contributed by atoms with van der Waals surface area (Å²) in [5.74, 6) is -0.133. The summed E-state index contributed by atoms with van der Waals surface area (Å²) in [6.45, 7) is 5.72. The van der Waals surface area contributed by atoms with Gasteiger partial charge in [-0.25, -0.2) is 0 Å². The summed E-state index contributed by atoms with van der Waals surface area (Å²) in [5.41, 5.74) is -0.566. The molecule has 0 bridgehead atoms. The van der Waals surface area contributed by atoms with Crippen molar-refractivity contribution in [1.82, 2.24) is 16.0 Å². The van der Waals surface area contributed by atoms with Gasteiger partial charge in [0.1, 0.15) is 0 Å². The van der Waals surface area contributed by atoms with Crippen molar-refractivity contribution in [2.45, 2.75) is 64.5 Å². The predicted molar refractivity (Wildman–Crippen MR) is 98.0 cm³/mol. The molecule has 1 saturated heterocycles. The van der Waals surface area contributed by atoms with Gasteiger partial charge >= 0.3 is 6.18 Å². The predicted octanol–water partition coefficient (Wildman–Crippen LogP) is 3.12. The SMILES string of the molecule is CC(C)(C)[C@@H](NC(=O)C1CC(=O)NC(C2CC2)N1)c1ccc(C(F)(F)F)cc1. The molecule has 2 unspecified atom stereocenters. The molecule has 154 valence electrons. The Bertz CT molecular complexity index is 737. The fourth-order valence-corrected chi connectivity index (χ4v) is 3.49. The average Bonchev–Trinajstić information content (AvgIpc) is 3.42. The van der Waals surface area contributed by atoms with Crippen molar-refractivity contribution in [3.63, 3.8) is 0 Å². The minimum absolute atomic E-state index is 0.0406. The van der Waals surface area contributed by atoms with E-state index in [0.717, 1.165) is 25.0 Å². The van der Waals surface area contributed by atoms with Gasteiger partial charge in [0.05, 0.1) is 30.2 Å². The Morgan fingerprint density at radius 3 is 2.25 bits per heavy atom. The van der Waals surface area contributed by atoms with Gasteiger partial charge in [0.25, 0.3) is 0 Å². The van der Waals surface area contributed by atoms with Crippen LogP contribution < -0.4 is 16.0 Å². The van der Waals surface area contributed by atoms with Crippen LogP contribution >= 0.6 is 0 Å². The molecule has 1 saturated carbocycles. The summed E-state index contributed by atoms with van der Waals surface area (Å²) in [5, 5.41) is 8.99. The fourth-order valence-electron chi connectivity index (χ4n) is 3.49. The molecule has 3 atom stereocenters. The molecule has 5 nitrogen and oxygen atoms in total. The normalized spacial score (nSPS) is 24.4. The number of rotatable bonds is 4. The number of hydrogen-bond acceptors (Lipinski definition) is 3. The van der Waals surface area contributed by atoms with Crippen LogP contribution in [0.25, 0.3) is 0 Å². The molecule has 3 N–H and O–H groups in total. The lowest BCUT2D eigenvalue weighted by Crippen LogP contribution is -2.62. The number of halogens is 3. The zero-order valence-electron chi connectivity index (χ0n) is 16.2. The minimum Gasteiger partial charge on any atom is -0.347 e.